The quantitative estimate of drug-likeness (QED) is 0.686. The van der Waals surface area contributed by atoms with E-state index < -0.39 is 0 Å². The van der Waals surface area contributed by atoms with Crippen LogP contribution in [0.2, 0.25) is 0 Å². The molecule has 2 aliphatic rings. The number of rotatable bonds is 1. The van der Waals surface area contributed by atoms with E-state index in [4.69, 9.17) is 0 Å². The van der Waals surface area contributed by atoms with Gasteiger partial charge in [-0.05, 0) is 52.9 Å². The average molecular weight is 216 g/mol. The van der Waals surface area contributed by atoms with Crippen LogP contribution in [0.1, 0.15) is 30.0 Å². The van der Waals surface area contributed by atoms with Crippen LogP contribution in [0.4, 0.5) is 0 Å². The number of benzene rings is 1. The van der Waals surface area contributed by atoms with E-state index in [1.807, 2.05) is 11.8 Å². The fourth-order valence-electron chi connectivity index (χ4n) is 2.64. The van der Waals surface area contributed by atoms with E-state index in [0.29, 0.717) is 0 Å². The molecule has 0 bridgehead atoms. The van der Waals surface area contributed by atoms with Gasteiger partial charge in [-0.25, -0.2) is 0 Å². The van der Waals surface area contributed by atoms with Crippen molar-refractivity contribution >= 4 is 17.3 Å². The summed E-state index contributed by atoms with van der Waals surface area (Å²) < 4.78 is 0. The van der Waals surface area contributed by atoms with E-state index in [0.717, 1.165) is 5.92 Å². The molecule has 0 N–H and O–H groups in total. The molecule has 1 aliphatic carbocycles. The van der Waals surface area contributed by atoms with E-state index in [-0.39, 0.29) is 0 Å². The predicted molar refractivity (Wildman–Crippen MR) is 68.1 cm³/mol. The fraction of sp³-hybridized carbons (Fsp3) is 0.429. The molecule has 78 valence electrons. The van der Waals surface area contributed by atoms with Crippen molar-refractivity contribution in [2.75, 3.05) is 5.75 Å². The normalized spacial score (nSPS) is 24.1. The number of hydrogen-bond acceptors (Lipinski definition) is 1. The summed E-state index contributed by atoms with van der Waals surface area (Å²) in [6, 6.07) is 7.09. The standard InChI is InChI=1S/C14H16S/c1-10-6-11-2-3-12(8-14(11)7-10)13-4-5-15-9-13/h2-3,8-10H,4-7H2,1H3. The van der Waals surface area contributed by atoms with Crippen LogP contribution in [0.15, 0.2) is 23.6 Å². The average Bonchev–Trinajstić information content (AvgIpc) is 2.82. The first-order chi connectivity index (χ1) is 7.33. The lowest BCUT2D eigenvalue weighted by Gasteiger charge is -2.05. The fourth-order valence-corrected chi connectivity index (χ4v) is 3.55. The molecule has 0 nitrogen and oxygen atoms in total. The monoisotopic (exact) mass is 216 g/mol. The SMILES string of the molecule is CC1Cc2ccc(C3=CSCC3)cc2C1. The summed E-state index contributed by atoms with van der Waals surface area (Å²) in [5.41, 5.74) is 6.19. The summed E-state index contributed by atoms with van der Waals surface area (Å²) in [5, 5.41) is 2.33. The van der Waals surface area contributed by atoms with Crippen molar-refractivity contribution in [2.24, 2.45) is 5.92 Å². The third-order valence-corrected chi connectivity index (χ3v) is 4.32. The van der Waals surface area contributed by atoms with Crippen LogP contribution in [0.5, 0.6) is 0 Å². The second kappa shape index (κ2) is 3.71. The second-order valence-electron chi connectivity index (χ2n) is 4.76. The van der Waals surface area contributed by atoms with Crippen LogP contribution in [0.25, 0.3) is 5.57 Å². The molecule has 0 amide bonds. The van der Waals surface area contributed by atoms with Crippen LogP contribution in [-0.2, 0) is 12.8 Å². The van der Waals surface area contributed by atoms with E-state index in [9.17, 15) is 0 Å². The maximum Gasteiger partial charge on any atom is 0.00151 e. The molecular formula is C14H16S. The Balaban J connectivity index is 1.96. The Bertz CT molecular complexity index is 417. The molecule has 1 heteroatoms. The van der Waals surface area contributed by atoms with Gasteiger partial charge >= 0.3 is 0 Å². The highest BCUT2D eigenvalue weighted by molar-refractivity contribution is 8.02. The molecule has 0 saturated heterocycles. The van der Waals surface area contributed by atoms with E-state index in [1.54, 1.807) is 16.7 Å². The van der Waals surface area contributed by atoms with Crippen LogP contribution < -0.4 is 0 Å². The Morgan fingerprint density at radius 3 is 2.87 bits per heavy atom. The summed E-state index contributed by atoms with van der Waals surface area (Å²) in [7, 11) is 0. The third-order valence-electron chi connectivity index (χ3n) is 3.43. The Morgan fingerprint density at radius 2 is 2.07 bits per heavy atom. The second-order valence-corrected chi connectivity index (χ2v) is 5.74. The van der Waals surface area contributed by atoms with Gasteiger partial charge < -0.3 is 0 Å². The molecule has 1 aromatic rings. The molecule has 0 aromatic heterocycles. The summed E-state index contributed by atoms with van der Waals surface area (Å²) in [6.45, 7) is 2.35. The summed E-state index contributed by atoms with van der Waals surface area (Å²) >= 11 is 1.95. The molecule has 0 fully saturated rings. The van der Waals surface area contributed by atoms with Gasteiger partial charge in [0.15, 0.2) is 0 Å². The molecular weight excluding hydrogens is 200 g/mol. The van der Waals surface area contributed by atoms with Crippen LogP contribution in [0, 0.1) is 5.92 Å². The highest BCUT2D eigenvalue weighted by Gasteiger charge is 2.18. The lowest BCUT2D eigenvalue weighted by atomic mass is 10.0. The summed E-state index contributed by atoms with van der Waals surface area (Å²) in [5.74, 6) is 2.12. The Morgan fingerprint density at radius 1 is 1.20 bits per heavy atom. The zero-order valence-corrected chi connectivity index (χ0v) is 9.94. The predicted octanol–water partition coefficient (Wildman–Crippen LogP) is 3.90. The van der Waals surface area contributed by atoms with Crippen molar-refractivity contribution in [1.82, 2.24) is 0 Å². The first-order valence-electron chi connectivity index (χ1n) is 5.76. The number of allylic oxidation sites excluding steroid dienone is 1. The number of fused-ring (bicyclic) bond motifs is 1. The van der Waals surface area contributed by atoms with Crippen molar-refractivity contribution < 1.29 is 0 Å². The molecule has 1 heterocycles. The van der Waals surface area contributed by atoms with Gasteiger partial charge in [-0.2, -0.15) is 0 Å². The van der Waals surface area contributed by atoms with Gasteiger partial charge in [0.05, 0.1) is 0 Å². The first kappa shape index (κ1) is 9.53. The van der Waals surface area contributed by atoms with Crippen molar-refractivity contribution in [3.8, 4) is 0 Å². The van der Waals surface area contributed by atoms with Gasteiger partial charge in [-0.1, -0.05) is 25.1 Å². The first-order valence-corrected chi connectivity index (χ1v) is 6.80. The van der Waals surface area contributed by atoms with Crippen molar-refractivity contribution in [3.05, 3.63) is 40.3 Å². The zero-order valence-electron chi connectivity index (χ0n) is 9.12. The maximum atomic E-state index is 2.43. The van der Waals surface area contributed by atoms with Gasteiger partial charge in [-0.15, -0.1) is 11.8 Å². The minimum absolute atomic E-state index is 0.849. The number of hydrogen-bond donors (Lipinski definition) is 0. The van der Waals surface area contributed by atoms with E-state index in [1.165, 1.54) is 30.6 Å². The molecule has 15 heavy (non-hydrogen) atoms. The lowest BCUT2D eigenvalue weighted by Crippen LogP contribution is -1.89. The Hall–Kier alpha value is -0.690. The molecule has 1 unspecified atom stereocenters. The zero-order chi connectivity index (χ0) is 10.3. The van der Waals surface area contributed by atoms with Crippen molar-refractivity contribution in [3.63, 3.8) is 0 Å². The molecule has 0 radical (unpaired) electrons. The third kappa shape index (κ3) is 1.74. The Kier molecular flexibility index (Phi) is 2.36. The highest BCUT2D eigenvalue weighted by Crippen LogP contribution is 2.34. The number of thioether (sulfide) groups is 1. The summed E-state index contributed by atoms with van der Waals surface area (Å²) in [6.07, 6.45) is 3.81. The van der Waals surface area contributed by atoms with Crippen LogP contribution in [-0.4, -0.2) is 5.75 Å². The smallest absolute Gasteiger partial charge is 0.00151 e. The molecule has 1 aliphatic heterocycles. The molecule has 0 saturated carbocycles. The highest BCUT2D eigenvalue weighted by atomic mass is 32.2. The van der Waals surface area contributed by atoms with Crippen LogP contribution >= 0.6 is 11.8 Å². The maximum absolute atomic E-state index is 2.43. The topological polar surface area (TPSA) is 0 Å². The lowest BCUT2D eigenvalue weighted by molar-refractivity contribution is 0.628. The minimum Gasteiger partial charge on any atom is -0.133 e. The molecule has 3 rings (SSSR count). The largest absolute Gasteiger partial charge is 0.133 e. The van der Waals surface area contributed by atoms with Gasteiger partial charge in [-0.3, -0.25) is 0 Å². The van der Waals surface area contributed by atoms with Crippen molar-refractivity contribution in [2.45, 2.75) is 26.2 Å². The van der Waals surface area contributed by atoms with Crippen LogP contribution in [0.3, 0.4) is 0 Å². The minimum atomic E-state index is 0.849. The Labute approximate surface area is 95.8 Å². The molecule has 1 aromatic carbocycles. The molecule has 1 atom stereocenters. The van der Waals surface area contributed by atoms with E-state index >= 15 is 0 Å². The van der Waals surface area contributed by atoms with Gasteiger partial charge in [0.1, 0.15) is 0 Å². The van der Waals surface area contributed by atoms with Gasteiger partial charge in [0, 0.05) is 5.75 Å². The summed E-state index contributed by atoms with van der Waals surface area (Å²) in [4.78, 5) is 0. The van der Waals surface area contributed by atoms with Gasteiger partial charge in [0.25, 0.3) is 0 Å². The van der Waals surface area contributed by atoms with Gasteiger partial charge in [0.2, 0.25) is 0 Å². The van der Waals surface area contributed by atoms with Crippen molar-refractivity contribution in [1.29, 1.82) is 0 Å². The molecule has 0 spiro atoms. The van der Waals surface area contributed by atoms with E-state index in [2.05, 4.69) is 30.5 Å².